The number of rotatable bonds is 6. The first-order chi connectivity index (χ1) is 17.1. The molecule has 9 heteroatoms. The van der Waals surface area contributed by atoms with Crippen LogP contribution in [0.4, 0.5) is 10.2 Å². The summed E-state index contributed by atoms with van der Waals surface area (Å²) in [7, 11) is 3.80. The lowest BCUT2D eigenvalue weighted by Gasteiger charge is -2.08. The van der Waals surface area contributed by atoms with Crippen LogP contribution in [0.15, 0.2) is 59.7 Å². The molecule has 0 aliphatic heterocycles. The lowest BCUT2D eigenvalue weighted by atomic mass is 10.1. The Morgan fingerprint density at radius 2 is 1.89 bits per heavy atom. The lowest BCUT2D eigenvalue weighted by Crippen LogP contribution is -2.05. The van der Waals surface area contributed by atoms with Gasteiger partial charge in [0.15, 0.2) is 0 Å². The molecule has 0 aliphatic carbocycles. The first kappa shape index (κ1) is 31.7. The molecular weight excluding hydrogens is 516 g/mol. The summed E-state index contributed by atoms with van der Waals surface area (Å²) in [5, 5.41) is 5.43. The van der Waals surface area contributed by atoms with Gasteiger partial charge in [0.2, 0.25) is 0 Å². The summed E-state index contributed by atoms with van der Waals surface area (Å²) in [6, 6.07) is 3.77. The van der Waals surface area contributed by atoms with E-state index in [-0.39, 0.29) is 0 Å². The number of hydrogen-bond acceptors (Lipinski definition) is 5. The molecular formula is C27H36Cl2FN5S. The van der Waals surface area contributed by atoms with Crippen LogP contribution in [0.2, 0.25) is 10.0 Å². The second-order valence-electron chi connectivity index (χ2n) is 7.99. The van der Waals surface area contributed by atoms with E-state index in [1.54, 1.807) is 30.8 Å². The molecule has 3 N–H and O–H groups in total. The number of anilines is 1. The molecule has 2 heterocycles. The SMILES string of the molecule is CC(/C=C\C=C(/C)c1cn(C)c2ncnc(N)c12)=C\F.CCC.CNCc1cc(Cl)cc(SC)c1Cl. The Morgan fingerprint density at radius 3 is 2.47 bits per heavy atom. The fraction of sp³-hybridized carbons (Fsp3) is 0.333. The Balaban J connectivity index is 0.000000349. The number of nitrogen functional groups attached to an aromatic ring is 1. The number of fused-ring (bicyclic) bond motifs is 1. The normalized spacial score (nSPS) is 11.8. The van der Waals surface area contributed by atoms with Crippen molar-refractivity contribution in [1.29, 1.82) is 0 Å². The number of aryl methyl sites for hydroxylation is 1. The monoisotopic (exact) mass is 551 g/mol. The van der Waals surface area contributed by atoms with Crippen LogP contribution in [-0.4, -0.2) is 27.8 Å². The molecule has 0 saturated carbocycles. The van der Waals surface area contributed by atoms with Crippen molar-refractivity contribution in [3.8, 4) is 0 Å². The molecule has 5 nitrogen and oxygen atoms in total. The molecule has 0 radical (unpaired) electrons. The summed E-state index contributed by atoms with van der Waals surface area (Å²) in [5.74, 6) is 0.460. The van der Waals surface area contributed by atoms with Gasteiger partial charge < -0.3 is 15.6 Å². The first-order valence-electron chi connectivity index (χ1n) is 11.5. The van der Waals surface area contributed by atoms with E-state index in [4.69, 9.17) is 28.9 Å². The molecule has 1 aromatic carbocycles. The molecule has 0 fully saturated rings. The number of nitrogens with zero attached hydrogens (tertiary/aromatic N) is 3. The van der Waals surface area contributed by atoms with E-state index in [0.717, 1.165) is 49.2 Å². The third-order valence-corrected chi connectivity index (χ3v) is 6.29. The van der Waals surface area contributed by atoms with Gasteiger partial charge in [-0.3, -0.25) is 0 Å². The zero-order chi connectivity index (χ0) is 27.3. The molecule has 0 aliphatic rings. The van der Waals surface area contributed by atoms with Crippen molar-refractivity contribution < 1.29 is 4.39 Å². The van der Waals surface area contributed by atoms with Crippen LogP contribution in [0.3, 0.4) is 0 Å². The summed E-state index contributed by atoms with van der Waals surface area (Å²) in [6.07, 6.45) is 12.6. The van der Waals surface area contributed by atoms with Gasteiger partial charge in [0.05, 0.1) is 16.7 Å². The standard InChI is InChI=1S/C15H17FN4.C9H11Cl2NS.C3H8/c1-10(7-16)5-4-6-11(2)12-8-20(3)15-13(12)14(17)18-9-19-15;1-12-5-6-3-7(10)4-8(13-2)9(6)11;1-3-2/h4-9H,1-3H3,(H2,17,18,19);3-4,12H,5H2,1-2H3;3H2,1-2H3/b5-4-,10-7+,11-6+;;. The summed E-state index contributed by atoms with van der Waals surface area (Å²) >= 11 is 13.7. The van der Waals surface area contributed by atoms with E-state index in [9.17, 15) is 4.39 Å². The molecule has 196 valence electrons. The smallest absolute Gasteiger partial charge is 0.145 e. The maximum absolute atomic E-state index is 12.2. The van der Waals surface area contributed by atoms with Crippen molar-refractivity contribution in [1.82, 2.24) is 19.9 Å². The average molecular weight is 553 g/mol. The predicted molar refractivity (Wildman–Crippen MR) is 158 cm³/mol. The molecule has 0 atom stereocenters. The summed E-state index contributed by atoms with van der Waals surface area (Å²) in [5.41, 5.74) is 10.3. The Kier molecular flexibility index (Phi) is 14.5. The average Bonchev–Trinajstić information content (AvgIpc) is 3.20. The van der Waals surface area contributed by atoms with Crippen molar-refractivity contribution in [2.75, 3.05) is 19.0 Å². The Labute approximate surface area is 228 Å². The van der Waals surface area contributed by atoms with Crippen LogP contribution in [0, 0.1) is 0 Å². The highest BCUT2D eigenvalue weighted by Gasteiger charge is 2.12. The van der Waals surface area contributed by atoms with Crippen LogP contribution < -0.4 is 11.1 Å². The number of hydrogen-bond donors (Lipinski definition) is 2. The molecule has 0 amide bonds. The highest BCUT2D eigenvalue weighted by Crippen LogP contribution is 2.32. The minimum atomic E-state index is 0.460. The summed E-state index contributed by atoms with van der Waals surface area (Å²) < 4.78 is 14.1. The van der Waals surface area contributed by atoms with Gasteiger partial charge in [-0.15, -0.1) is 11.8 Å². The Hall–Kier alpha value is -2.32. The van der Waals surface area contributed by atoms with E-state index in [0.29, 0.717) is 17.7 Å². The molecule has 3 aromatic rings. The molecule has 36 heavy (non-hydrogen) atoms. The topological polar surface area (TPSA) is 68.8 Å². The van der Waals surface area contributed by atoms with Gasteiger partial charge in [-0.2, -0.15) is 0 Å². The predicted octanol–water partition coefficient (Wildman–Crippen LogP) is 8.23. The summed E-state index contributed by atoms with van der Waals surface area (Å²) in [4.78, 5) is 9.30. The van der Waals surface area contributed by atoms with Gasteiger partial charge in [0, 0.05) is 35.3 Å². The van der Waals surface area contributed by atoms with Crippen molar-refractivity contribution in [3.05, 3.63) is 76.0 Å². The van der Waals surface area contributed by atoms with Crippen LogP contribution in [0.1, 0.15) is 45.2 Å². The van der Waals surface area contributed by atoms with Crippen LogP contribution >= 0.6 is 35.0 Å². The van der Waals surface area contributed by atoms with Crippen LogP contribution in [-0.2, 0) is 13.6 Å². The van der Waals surface area contributed by atoms with Gasteiger partial charge in [-0.25, -0.2) is 14.4 Å². The maximum Gasteiger partial charge on any atom is 0.145 e. The fourth-order valence-electron chi connectivity index (χ4n) is 3.09. The zero-order valence-electron chi connectivity index (χ0n) is 22.0. The highest BCUT2D eigenvalue weighted by atomic mass is 35.5. The second kappa shape index (κ2) is 16.4. The van der Waals surface area contributed by atoms with E-state index in [1.807, 2.05) is 56.2 Å². The van der Waals surface area contributed by atoms with Crippen LogP contribution in [0.25, 0.3) is 16.6 Å². The van der Waals surface area contributed by atoms with Gasteiger partial charge >= 0.3 is 0 Å². The molecule has 0 spiro atoms. The number of nitrogens with one attached hydrogen (secondary N) is 1. The third-order valence-electron chi connectivity index (χ3n) is 4.75. The molecule has 3 rings (SSSR count). The first-order valence-corrected chi connectivity index (χ1v) is 13.5. The number of allylic oxidation sites excluding steroid dienone is 5. The van der Waals surface area contributed by atoms with Gasteiger partial charge in [0.25, 0.3) is 0 Å². The van der Waals surface area contributed by atoms with Crippen LogP contribution in [0.5, 0.6) is 0 Å². The van der Waals surface area contributed by atoms with Crippen molar-refractivity contribution in [3.63, 3.8) is 0 Å². The fourth-order valence-corrected chi connectivity index (χ4v) is 4.36. The molecule has 0 bridgehead atoms. The Morgan fingerprint density at radius 1 is 1.22 bits per heavy atom. The minimum absolute atomic E-state index is 0.460. The van der Waals surface area contributed by atoms with E-state index in [1.165, 1.54) is 12.7 Å². The number of aromatic nitrogens is 3. The van der Waals surface area contributed by atoms with Crippen molar-refractivity contribution in [2.45, 2.75) is 45.6 Å². The quantitative estimate of drug-likeness (QED) is 0.238. The van der Waals surface area contributed by atoms with Gasteiger partial charge in [0.1, 0.15) is 17.8 Å². The molecule has 2 aromatic heterocycles. The molecule has 0 unspecified atom stereocenters. The third kappa shape index (κ3) is 9.28. The number of nitrogens with two attached hydrogens (primary N) is 1. The zero-order valence-corrected chi connectivity index (χ0v) is 24.3. The number of thioether (sulfide) groups is 1. The van der Waals surface area contributed by atoms with Gasteiger partial charge in [-0.05, 0) is 56.0 Å². The van der Waals surface area contributed by atoms with E-state index in [2.05, 4.69) is 29.1 Å². The number of halogens is 3. The van der Waals surface area contributed by atoms with Crippen molar-refractivity contribution in [2.24, 2.45) is 7.05 Å². The Bertz CT molecular complexity index is 1220. The van der Waals surface area contributed by atoms with E-state index < -0.39 is 0 Å². The second-order valence-corrected chi connectivity index (χ2v) is 9.65. The minimum Gasteiger partial charge on any atom is -0.383 e. The lowest BCUT2D eigenvalue weighted by molar-refractivity contribution is 0.713. The maximum atomic E-state index is 12.2. The van der Waals surface area contributed by atoms with Crippen molar-refractivity contribution >= 4 is 57.4 Å². The van der Waals surface area contributed by atoms with E-state index >= 15 is 0 Å². The largest absolute Gasteiger partial charge is 0.383 e. The molecule has 0 saturated heterocycles. The summed E-state index contributed by atoms with van der Waals surface area (Å²) in [6.45, 7) is 8.66. The van der Waals surface area contributed by atoms with Gasteiger partial charge in [-0.1, -0.05) is 61.7 Å². The number of benzene rings is 1. The highest BCUT2D eigenvalue weighted by molar-refractivity contribution is 7.98.